The number of aryl methyl sites for hydroxylation is 1. The number of hydrogen-bond acceptors (Lipinski definition) is 9. The zero-order valence-corrected chi connectivity index (χ0v) is 24.8. The molecule has 1 saturated heterocycles. The average Bonchev–Trinajstić information content (AvgIpc) is 3.56. The van der Waals surface area contributed by atoms with Crippen molar-refractivity contribution < 1.29 is 18.3 Å². The Balaban J connectivity index is 1.11. The highest BCUT2D eigenvalue weighted by Crippen LogP contribution is 2.34. The second-order valence-corrected chi connectivity index (χ2v) is 12.3. The number of anilines is 2. The van der Waals surface area contributed by atoms with Crippen LogP contribution in [-0.2, 0) is 19.5 Å². The number of thiophene rings is 1. The lowest BCUT2D eigenvalue weighted by molar-refractivity contribution is -0.126. The first-order chi connectivity index (χ1) is 21.1. The molecule has 1 aromatic carbocycles. The Labute approximate surface area is 255 Å². The number of nitriles is 1. The van der Waals surface area contributed by atoms with Crippen molar-refractivity contribution >= 4 is 44.1 Å². The number of fused-ring (bicyclic) bond motifs is 2. The molecule has 4 aromatic heterocycles. The summed E-state index contributed by atoms with van der Waals surface area (Å²) in [6.07, 6.45) is -1.42. The van der Waals surface area contributed by atoms with E-state index in [1.807, 2.05) is 16.7 Å². The van der Waals surface area contributed by atoms with Crippen molar-refractivity contribution in [2.24, 2.45) is 0 Å². The molecule has 5 aromatic rings. The third-order valence-electron chi connectivity index (χ3n) is 8.21. The van der Waals surface area contributed by atoms with E-state index in [1.54, 1.807) is 24.4 Å². The number of nitrogens with one attached hydrogen (secondary N) is 1. The van der Waals surface area contributed by atoms with Crippen LogP contribution >= 0.6 is 11.3 Å². The number of likely N-dealkylation sites (tertiary alicyclic amines) is 1. The van der Waals surface area contributed by atoms with Crippen LogP contribution in [-0.4, -0.2) is 54.8 Å². The highest BCUT2D eigenvalue weighted by atomic mass is 32.1. The number of hydrogen-bond donors (Lipinski definition) is 3. The minimum atomic E-state index is -4.27. The van der Waals surface area contributed by atoms with Crippen LogP contribution in [0.5, 0.6) is 0 Å². The number of halogens is 3. The summed E-state index contributed by atoms with van der Waals surface area (Å²) in [6.45, 7) is 4.72. The summed E-state index contributed by atoms with van der Waals surface area (Å²) in [6, 6.07) is 13.3. The molecular weight excluding hydrogens is 589 g/mol. The van der Waals surface area contributed by atoms with Gasteiger partial charge < -0.3 is 20.7 Å². The van der Waals surface area contributed by atoms with Crippen LogP contribution in [0.15, 0.2) is 48.9 Å². The lowest BCUT2D eigenvalue weighted by Gasteiger charge is -2.33. The first-order valence-electron chi connectivity index (χ1n) is 14.3. The third-order valence-corrected chi connectivity index (χ3v) is 9.25. The standard InChI is InChI=1S/C31H31F3N8OS/c1-18-20(2-4-26-24(18)10-22(13-35)42(26)16-27(43)19-3-5-28(36)37-14-19)15-41-8-6-21(7-9-41)40-29-25-11-23(12-31(32,33)34)44-30(25)39-17-38-29/h2-5,10-11,14,17,21,27,43H,6-9,12,15-16H2,1H3,(H2,36,37)(H,38,39,40). The van der Waals surface area contributed by atoms with Gasteiger partial charge in [0, 0.05) is 53.2 Å². The van der Waals surface area contributed by atoms with Gasteiger partial charge in [-0.2, -0.15) is 18.4 Å². The van der Waals surface area contributed by atoms with E-state index >= 15 is 0 Å². The van der Waals surface area contributed by atoms with Crippen LogP contribution in [0.1, 0.15) is 46.2 Å². The Bertz CT molecular complexity index is 1840. The smallest absolute Gasteiger partial charge is 0.386 e. The van der Waals surface area contributed by atoms with Crippen LogP contribution in [0, 0.1) is 18.3 Å². The van der Waals surface area contributed by atoms with E-state index in [0.717, 1.165) is 60.3 Å². The van der Waals surface area contributed by atoms with Gasteiger partial charge in [0.05, 0.1) is 24.5 Å². The lowest BCUT2D eigenvalue weighted by Crippen LogP contribution is -2.39. The van der Waals surface area contributed by atoms with Gasteiger partial charge in [-0.1, -0.05) is 12.1 Å². The molecular formula is C31H31F3N8OS. The Kier molecular flexibility index (Phi) is 8.15. The summed E-state index contributed by atoms with van der Waals surface area (Å²) in [5.74, 6) is 0.954. The molecule has 1 aliphatic rings. The fourth-order valence-electron chi connectivity index (χ4n) is 5.85. The van der Waals surface area contributed by atoms with Gasteiger partial charge in [0.25, 0.3) is 0 Å². The monoisotopic (exact) mass is 620 g/mol. The number of aliphatic hydroxyl groups excluding tert-OH is 1. The first kappa shape index (κ1) is 29.8. The number of piperidine rings is 1. The minimum absolute atomic E-state index is 0.147. The van der Waals surface area contributed by atoms with Gasteiger partial charge in [-0.3, -0.25) is 4.90 Å². The van der Waals surface area contributed by atoms with Crippen molar-refractivity contribution in [2.45, 2.75) is 57.6 Å². The molecule has 1 unspecified atom stereocenters. The van der Waals surface area contributed by atoms with E-state index in [2.05, 4.69) is 44.2 Å². The number of aromatic nitrogens is 4. The molecule has 44 heavy (non-hydrogen) atoms. The molecule has 0 spiro atoms. The Hall–Kier alpha value is -4.25. The molecule has 228 valence electrons. The number of benzene rings is 1. The summed E-state index contributed by atoms with van der Waals surface area (Å²) >= 11 is 1.05. The molecule has 9 nitrogen and oxygen atoms in total. The van der Waals surface area contributed by atoms with Crippen LogP contribution in [0.4, 0.5) is 24.8 Å². The van der Waals surface area contributed by atoms with Crippen molar-refractivity contribution in [3.63, 3.8) is 0 Å². The molecule has 1 atom stereocenters. The maximum absolute atomic E-state index is 12.9. The predicted octanol–water partition coefficient (Wildman–Crippen LogP) is 5.72. The van der Waals surface area contributed by atoms with Gasteiger partial charge in [0.15, 0.2) is 0 Å². The van der Waals surface area contributed by atoms with Gasteiger partial charge >= 0.3 is 6.18 Å². The van der Waals surface area contributed by atoms with Gasteiger partial charge in [-0.15, -0.1) is 11.3 Å². The summed E-state index contributed by atoms with van der Waals surface area (Å²) in [5, 5.41) is 25.7. The summed E-state index contributed by atoms with van der Waals surface area (Å²) in [4.78, 5) is 15.7. The quantitative estimate of drug-likeness (QED) is 0.201. The summed E-state index contributed by atoms with van der Waals surface area (Å²) in [5.41, 5.74) is 9.92. The van der Waals surface area contributed by atoms with E-state index < -0.39 is 18.7 Å². The molecule has 4 N–H and O–H groups in total. The SMILES string of the molecule is Cc1c(CN2CCC(Nc3ncnc4sc(CC(F)(F)F)cc34)CC2)ccc2c1cc(C#N)n2CC(O)c1ccc(N)nc1. The molecule has 0 saturated carbocycles. The number of nitrogens with zero attached hydrogens (tertiary/aromatic N) is 6. The topological polar surface area (TPSA) is 129 Å². The van der Waals surface area contributed by atoms with Crippen molar-refractivity contribution in [3.05, 3.63) is 76.2 Å². The molecule has 0 aliphatic carbocycles. The minimum Gasteiger partial charge on any atom is -0.386 e. The van der Waals surface area contributed by atoms with Crippen LogP contribution in [0.2, 0.25) is 0 Å². The highest BCUT2D eigenvalue weighted by Gasteiger charge is 2.29. The average molecular weight is 621 g/mol. The number of nitrogens with two attached hydrogens (primary N) is 1. The molecule has 0 bridgehead atoms. The molecule has 5 heterocycles. The van der Waals surface area contributed by atoms with Crippen LogP contribution in [0.3, 0.4) is 0 Å². The molecule has 1 aliphatic heterocycles. The summed E-state index contributed by atoms with van der Waals surface area (Å²) in [7, 11) is 0. The van der Waals surface area contributed by atoms with E-state index in [-0.39, 0.29) is 17.5 Å². The van der Waals surface area contributed by atoms with Gasteiger partial charge in [0.2, 0.25) is 0 Å². The number of aliphatic hydroxyl groups is 1. The Morgan fingerprint density at radius 1 is 1.14 bits per heavy atom. The highest BCUT2D eigenvalue weighted by molar-refractivity contribution is 7.18. The van der Waals surface area contributed by atoms with E-state index in [1.165, 1.54) is 11.9 Å². The number of nitrogen functional groups attached to an aromatic ring is 1. The Morgan fingerprint density at radius 2 is 1.93 bits per heavy atom. The zero-order chi connectivity index (χ0) is 31.0. The van der Waals surface area contributed by atoms with Crippen molar-refractivity contribution in [1.29, 1.82) is 5.26 Å². The van der Waals surface area contributed by atoms with E-state index in [0.29, 0.717) is 33.1 Å². The van der Waals surface area contributed by atoms with Crippen LogP contribution in [0.25, 0.3) is 21.1 Å². The molecule has 13 heteroatoms. The predicted molar refractivity (Wildman–Crippen MR) is 164 cm³/mol. The van der Waals surface area contributed by atoms with Crippen LogP contribution < -0.4 is 11.1 Å². The molecule has 6 rings (SSSR count). The summed E-state index contributed by atoms with van der Waals surface area (Å²) < 4.78 is 40.6. The number of rotatable bonds is 8. The number of alkyl halides is 3. The maximum atomic E-state index is 12.9. The van der Waals surface area contributed by atoms with Crippen molar-refractivity contribution in [2.75, 3.05) is 24.1 Å². The van der Waals surface area contributed by atoms with Crippen molar-refractivity contribution in [3.8, 4) is 6.07 Å². The molecule has 0 radical (unpaired) electrons. The third kappa shape index (κ3) is 6.33. The van der Waals surface area contributed by atoms with E-state index in [9.17, 15) is 23.5 Å². The first-order valence-corrected chi connectivity index (χ1v) is 15.1. The molecule has 0 amide bonds. The normalized spacial score (nSPS) is 15.5. The largest absolute Gasteiger partial charge is 0.393 e. The fraction of sp³-hybridized carbons (Fsp3) is 0.355. The van der Waals surface area contributed by atoms with Crippen molar-refractivity contribution in [1.82, 2.24) is 24.4 Å². The maximum Gasteiger partial charge on any atom is 0.393 e. The van der Waals surface area contributed by atoms with E-state index in [4.69, 9.17) is 5.73 Å². The zero-order valence-electron chi connectivity index (χ0n) is 24.0. The van der Waals surface area contributed by atoms with Gasteiger partial charge in [-0.25, -0.2) is 15.0 Å². The Morgan fingerprint density at radius 3 is 2.64 bits per heavy atom. The van der Waals surface area contributed by atoms with Gasteiger partial charge in [-0.05, 0) is 55.2 Å². The number of pyridine rings is 1. The lowest BCUT2D eigenvalue weighted by atomic mass is 10.0. The van der Waals surface area contributed by atoms with Gasteiger partial charge in [0.1, 0.15) is 34.6 Å². The second kappa shape index (κ2) is 12.0. The molecule has 1 fully saturated rings. The fourth-order valence-corrected chi connectivity index (χ4v) is 6.88. The second-order valence-electron chi connectivity index (χ2n) is 11.2.